The summed E-state index contributed by atoms with van der Waals surface area (Å²) in [5, 5.41) is 15.9. The van der Waals surface area contributed by atoms with Gasteiger partial charge in [-0.1, -0.05) is 12.0 Å². The van der Waals surface area contributed by atoms with Gasteiger partial charge in [0.05, 0.1) is 23.0 Å². The zero-order valence-corrected chi connectivity index (χ0v) is 12.5. The summed E-state index contributed by atoms with van der Waals surface area (Å²) >= 11 is 0. The molecule has 1 unspecified atom stereocenters. The molecule has 1 aliphatic heterocycles. The highest BCUT2D eigenvalue weighted by Crippen LogP contribution is 2.32. The predicted octanol–water partition coefficient (Wildman–Crippen LogP) is 3.04. The molecule has 1 heterocycles. The average molecular weight is 298 g/mol. The zero-order valence-electron chi connectivity index (χ0n) is 12.5. The van der Waals surface area contributed by atoms with E-state index in [2.05, 4.69) is 28.3 Å². The summed E-state index contributed by atoms with van der Waals surface area (Å²) in [7, 11) is 0. The molecule has 7 nitrogen and oxygen atoms in total. The molecule has 0 bridgehead atoms. The van der Waals surface area contributed by atoms with E-state index in [4.69, 9.17) is 10.8 Å². The monoisotopic (exact) mass is 298 g/mol. The first kappa shape index (κ1) is 15.7. The van der Waals surface area contributed by atoms with E-state index in [0.717, 1.165) is 24.3 Å². The molecule has 7 heteroatoms. The Morgan fingerprint density at radius 1 is 1.59 bits per heavy atom. The van der Waals surface area contributed by atoms with Crippen molar-refractivity contribution in [1.29, 1.82) is 5.26 Å². The molecular weight excluding hydrogens is 280 g/mol. The quantitative estimate of drug-likeness (QED) is 0.495. The number of nitrogens with one attached hydrogen (secondary N) is 1. The van der Waals surface area contributed by atoms with Crippen molar-refractivity contribution in [2.75, 3.05) is 29.9 Å². The minimum absolute atomic E-state index is 0.00669. The van der Waals surface area contributed by atoms with Gasteiger partial charge in [0.15, 0.2) is 0 Å². The highest BCUT2D eigenvalue weighted by molar-refractivity contribution is 5.99. The number of rotatable bonds is 6. The third-order valence-electron chi connectivity index (χ3n) is 3.59. The second-order valence-electron chi connectivity index (χ2n) is 5.26. The highest BCUT2D eigenvalue weighted by atomic mass is 16.2. The van der Waals surface area contributed by atoms with Crippen LogP contribution in [0.4, 0.5) is 11.4 Å². The van der Waals surface area contributed by atoms with Crippen LogP contribution < -0.4 is 10.2 Å². The van der Waals surface area contributed by atoms with Gasteiger partial charge in [0.25, 0.3) is 0 Å². The number of azide groups is 1. The fraction of sp³-hybridized carbons (Fsp3) is 0.467. The van der Waals surface area contributed by atoms with Gasteiger partial charge in [-0.05, 0) is 36.1 Å². The maximum atomic E-state index is 12.3. The second kappa shape index (κ2) is 7.34. The molecule has 0 radical (unpaired) electrons. The molecule has 1 aliphatic rings. The molecule has 0 aromatic heterocycles. The van der Waals surface area contributed by atoms with Gasteiger partial charge in [-0.3, -0.25) is 4.79 Å². The number of hydrogen-bond acceptors (Lipinski definition) is 4. The van der Waals surface area contributed by atoms with Crippen LogP contribution in [0.25, 0.3) is 10.4 Å². The fourth-order valence-electron chi connectivity index (χ4n) is 2.52. The lowest BCUT2D eigenvalue weighted by atomic mass is 10.1. The molecule has 0 saturated carbocycles. The van der Waals surface area contributed by atoms with Gasteiger partial charge in [0.1, 0.15) is 0 Å². The Morgan fingerprint density at radius 2 is 2.41 bits per heavy atom. The van der Waals surface area contributed by atoms with E-state index < -0.39 is 0 Å². The summed E-state index contributed by atoms with van der Waals surface area (Å²) in [6, 6.07) is 7.40. The minimum atomic E-state index is -0.00669. The number of amides is 1. The van der Waals surface area contributed by atoms with Gasteiger partial charge in [-0.15, -0.1) is 0 Å². The van der Waals surface area contributed by atoms with Gasteiger partial charge in [0.2, 0.25) is 5.91 Å². The molecular formula is C15H18N6O. The number of carbonyl (C=O) groups is 1. The maximum absolute atomic E-state index is 12.3. The van der Waals surface area contributed by atoms with E-state index in [1.165, 1.54) is 0 Å². The van der Waals surface area contributed by atoms with Gasteiger partial charge in [-0.2, -0.15) is 5.26 Å². The molecule has 1 amide bonds. The molecule has 1 fully saturated rings. The molecule has 1 atom stereocenters. The summed E-state index contributed by atoms with van der Waals surface area (Å²) in [6.45, 7) is 3.68. The summed E-state index contributed by atoms with van der Waals surface area (Å²) in [6.07, 6.45) is 1.33. The normalized spacial score (nSPS) is 17.0. The van der Waals surface area contributed by atoms with Crippen molar-refractivity contribution in [2.24, 2.45) is 11.0 Å². The smallest absolute Gasteiger partial charge is 0.227 e. The van der Waals surface area contributed by atoms with Crippen molar-refractivity contribution < 1.29 is 4.79 Å². The third-order valence-corrected chi connectivity index (χ3v) is 3.59. The number of anilines is 2. The third kappa shape index (κ3) is 3.48. The Bertz CT molecular complexity index is 644. The Labute approximate surface area is 129 Å². The van der Waals surface area contributed by atoms with Crippen LogP contribution in [0.3, 0.4) is 0 Å². The molecule has 0 spiro atoms. The van der Waals surface area contributed by atoms with Crippen LogP contribution >= 0.6 is 0 Å². The molecule has 1 aromatic rings. The molecule has 22 heavy (non-hydrogen) atoms. The van der Waals surface area contributed by atoms with Crippen molar-refractivity contribution in [3.05, 3.63) is 34.2 Å². The SMILES string of the molecule is CCCNc1ccc(C#N)cc1N1CC(CN=[N+]=[N-])CC1=O. The average Bonchev–Trinajstić information content (AvgIpc) is 2.91. The Morgan fingerprint density at radius 3 is 3.09 bits per heavy atom. The minimum Gasteiger partial charge on any atom is -0.383 e. The summed E-state index contributed by atoms with van der Waals surface area (Å²) in [4.78, 5) is 16.7. The first-order valence-corrected chi connectivity index (χ1v) is 7.28. The molecule has 114 valence electrons. The van der Waals surface area contributed by atoms with Crippen LogP contribution in [0.5, 0.6) is 0 Å². The van der Waals surface area contributed by atoms with Crippen molar-refractivity contribution >= 4 is 17.3 Å². The topological polar surface area (TPSA) is 105 Å². The van der Waals surface area contributed by atoms with Crippen LogP contribution in [0.2, 0.25) is 0 Å². The summed E-state index contributed by atoms with van der Waals surface area (Å²) in [5.41, 5.74) is 10.5. The van der Waals surface area contributed by atoms with Crippen LogP contribution in [0, 0.1) is 17.2 Å². The van der Waals surface area contributed by atoms with Gasteiger partial charge < -0.3 is 10.2 Å². The van der Waals surface area contributed by atoms with Crippen molar-refractivity contribution in [3.8, 4) is 6.07 Å². The predicted molar refractivity (Wildman–Crippen MR) is 84.4 cm³/mol. The summed E-state index contributed by atoms with van der Waals surface area (Å²) < 4.78 is 0. The maximum Gasteiger partial charge on any atom is 0.227 e. The van der Waals surface area contributed by atoms with E-state index in [0.29, 0.717) is 25.1 Å². The Hall–Kier alpha value is -2.71. The fourth-order valence-corrected chi connectivity index (χ4v) is 2.52. The number of nitriles is 1. The number of benzene rings is 1. The van der Waals surface area contributed by atoms with Gasteiger partial charge >= 0.3 is 0 Å². The van der Waals surface area contributed by atoms with E-state index in [1.54, 1.807) is 17.0 Å². The zero-order chi connectivity index (χ0) is 15.9. The lowest BCUT2D eigenvalue weighted by molar-refractivity contribution is -0.117. The van der Waals surface area contributed by atoms with E-state index in [1.807, 2.05) is 6.07 Å². The highest BCUT2D eigenvalue weighted by Gasteiger charge is 2.31. The number of carbonyl (C=O) groups excluding carboxylic acids is 1. The van der Waals surface area contributed by atoms with Crippen LogP contribution in [-0.2, 0) is 4.79 Å². The molecule has 1 aromatic carbocycles. The first-order valence-electron chi connectivity index (χ1n) is 7.28. The summed E-state index contributed by atoms with van der Waals surface area (Å²) in [5.74, 6) is 0.0148. The van der Waals surface area contributed by atoms with Crippen LogP contribution in [0.1, 0.15) is 25.3 Å². The molecule has 1 saturated heterocycles. The van der Waals surface area contributed by atoms with Crippen molar-refractivity contribution in [1.82, 2.24) is 0 Å². The van der Waals surface area contributed by atoms with Crippen LogP contribution in [0.15, 0.2) is 23.3 Å². The number of nitrogens with zero attached hydrogens (tertiary/aromatic N) is 5. The lowest BCUT2D eigenvalue weighted by Crippen LogP contribution is -2.26. The standard InChI is InChI=1S/C15H18N6O/c1-2-5-18-13-4-3-11(8-16)6-14(13)21-10-12(7-15(21)22)9-19-20-17/h3-4,6,12,18H,2,5,7,9-10H2,1H3. The molecule has 0 aliphatic carbocycles. The second-order valence-corrected chi connectivity index (χ2v) is 5.26. The largest absolute Gasteiger partial charge is 0.383 e. The Balaban J connectivity index is 2.27. The van der Waals surface area contributed by atoms with Crippen LogP contribution in [-0.4, -0.2) is 25.5 Å². The van der Waals surface area contributed by atoms with E-state index in [9.17, 15) is 4.79 Å². The number of hydrogen-bond donors (Lipinski definition) is 1. The Kier molecular flexibility index (Phi) is 5.23. The van der Waals surface area contributed by atoms with Gasteiger partial charge in [-0.25, -0.2) is 0 Å². The molecule has 2 rings (SSSR count). The van der Waals surface area contributed by atoms with Gasteiger partial charge in [0, 0.05) is 31.0 Å². The van der Waals surface area contributed by atoms with Crippen molar-refractivity contribution in [3.63, 3.8) is 0 Å². The van der Waals surface area contributed by atoms with E-state index in [-0.39, 0.29) is 11.8 Å². The lowest BCUT2D eigenvalue weighted by Gasteiger charge is -2.21. The molecule has 1 N–H and O–H groups in total. The van der Waals surface area contributed by atoms with E-state index >= 15 is 0 Å². The first-order chi connectivity index (χ1) is 10.7. The van der Waals surface area contributed by atoms with Crippen molar-refractivity contribution in [2.45, 2.75) is 19.8 Å².